The van der Waals surface area contributed by atoms with E-state index in [1.54, 1.807) is 0 Å². The molecular weight excluding hydrogens is 647 g/mol. The molecule has 7 aromatic carbocycles. The minimum atomic E-state index is 0.665. The van der Waals surface area contributed by atoms with Crippen molar-refractivity contribution in [2.75, 3.05) is 0 Å². The molecule has 0 fully saturated rings. The van der Waals surface area contributed by atoms with E-state index < -0.39 is 0 Å². The Morgan fingerprint density at radius 3 is 1.62 bits per heavy atom. The molecule has 0 aliphatic rings. The summed E-state index contributed by atoms with van der Waals surface area (Å²) in [6, 6.07) is 58.0. The van der Waals surface area contributed by atoms with Gasteiger partial charge in [0, 0.05) is 57.0 Å². The monoisotopic (exact) mass is 673 g/mol. The molecule has 0 aliphatic heterocycles. The van der Waals surface area contributed by atoms with Gasteiger partial charge in [-0.25, -0.2) is 15.0 Å². The van der Waals surface area contributed by atoms with Crippen LogP contribution in [-0.2, 0) is 0 Å². The normalized spacial score (nSPS) is 11.6. The van der Waals surface area contributed by atoms with Crippen molar-refractivity contribution in [1.29, 1.82) is 0 Å². The molecule has 5 heteroatoms. The Morgan fingerprint density at radius 1 is 0.300 bits per heavy atom. The number of nitrogens with zero attached hydrogens (tertiary/aromatic N) is 3. The second kappa shape index (κ2) is 11.8. The molecule has 3 nitrogen and oxygen atoms in total. The Kier molecular flexibility index (Phi) is 6.86. The molecule has 234 valence electrons. The van der Waals surface area contributed by atoms with Crippen LogP contribution >= 0.6 is 22.7 Å². The van der Waals surface area contributed by atoms with Crippen molar-refractivity contribution in [1.82, 2.24) is 15.0 Å². The third kappa shape index (κ3) is 4.90. The number of hydrogen-bond donors (Lipinski definition) is 0. The Balaban J connectivity index is 1.12. The molecule has 0 amide bonds. The highest BCUT2D eigenvalue weighted by atomic mass is 32.1. The van der Waals surface area contributed by atoms with Gasteiger partial charge in [-0.2, -0.15) is 0 Å². The van der Waals surface area contributed by atoms with Crippen LogP contribution in [0.2, 0.25) is 0 Å². The Bertz CT molecular complexity index is 2810. The minimum Gasteiger partial charge on any atom is -0.208 e. The largest absolute Gasteiger partial charge is 0.208 e. The van der Waals surface area contributed by atoms with Gasteiger partial charge in [0.1, 0.15) is 0 Å². The number of fused-ring (bicyclic) bond motifs is 6. The van der Waals surface area contributed by atoms with Gasteiger partial charge < -0.3 is 0 Å². The van der Waals surface area contributed by atoms with E-state index in [4.69, 9.17) is 15.0 Å². The van der Waals surface area contributed by atoms with Crippen LogP contribution < -0.4 is 0 Å². The highest BCUT2D eigenvalue weighted by Crippen LogP contribution is 2.45. The van der Waals surface area contributed by atoms with Gasteiger partial charge >= 0.3 is 0 Å². The van der Waals surface area contributed by atoms with Crippen molar-refractivity contribution >= 4 is 63.0 Å². The molecule has 10 aromatic rings. The fourth-order valence-electron chi connectivity index (χ4n) is 6.99. The van der Waals surface area contributed by atoms with E-state index in [0.717, 1.165) is 16.7 Å². The highest BCUT2D eigenvalue weighted by Gasteiger charge is 2.17. The van der Waals surface area contributed by atoms with Crippen LogP contribution in [-0.4, -0.2) is 15.0 Å². The zero-order valence-corrected chi connectivity index (χ0v) is 28.4. The first-order valence-electron chi connectivity index (χ1n) is 16.6. The first-order valence-corrected chi connectivity index (χ1v) is 18.2. The molecule has 10 rings (SSSR count). The number of benzene rings is 7. The summed E-state index contributed by atoms with van der Waals surface area (Å²) in [7, 11) is 0. The fraction of sp³-hybridized carbons (Fsp3) is 0. The van der Waals surface area contributed by atoms with Crippen LogP contribution in [0.3, 0.4) is 0 Å². The second-order valence-electron chi connectivity index (χ2n) is 12.4. The number of hydrogen-bond acceptors (Lipinski definition) is 5. The minimum absolute atomic E-state index is 0.665. The van der Waals surface area contributed by atoms with Crippen molar-refractivity contribution in [3.05, 3.63) is 164 Å². The Labute approximate surface area is 296 Å². The lowest BCUT2D eigenvalue weighted by Crippen LogP contribution is -1.99. The second-order valence-corrected chi connectivity index (χ2v) is 14.6. The molecule has 0 N–H and O–H groups in total. The quantitative estimate of drug-likeness (QED) is 0.182. The molecule has 0 saturated heterocycles. The van der Waals surface area contributed by atoms with Crippen LogP contribution in [0.15, 0.2) is 164 Å². The molecule has 0 spiro atoms. The van der Waals surface area contributed by atoms with Crippen molar-refractivity contribution in [3.8, 4) is 56.4 Å². The first kappa shape index (κ1) is 29.0. The summed E-state index contributed by atoms with van der Waals surface area (Å²) in [6.45, 7) is 0. The summed E-state index contributed by atoms with van der Waals surface area (Å²) in [5.41, 5.74) is 7.84. The van der Waals surface area contributed by atoms with Crippen molar-refractivity contribution in [3.63, 3.8) is 0 Å². The molecule has 0 radical (unpaired) electrons. The molecular formula is C45H27N3S2. The molecule has 0 unspecified atom stereocenters. The van der Waals surface area contributed by atoms with Crippen molar-refractivity contribution < 1.29 is 0 Å². The molecule has 0 atom stereocenters. The average Bonchev–Trinajstić information content (AvgIpc) is 3.76. The summed E-state index contributed by atoms with van der Waals surface area (Å²) >= 11 is 3.67. The lowest BCUT2D eigenvalue weighted by Gasteiger charge is -2.12. The van der Waals surface area contributed by atoms with Crippen LogP contribution in [0.4, 0.5) is 0 Å². The van der Waals surface area contributed by atoms with E-state index >= 15 is 0 Å². The zero-order chi connectivity index (χ0) is 33.0. The smallest absolute Gasteiger partial charge is 0.164 e. The maximum absolute atomic E-state index is 4.99. The third-order valence-corrected chi connectivity index (χ3v) is 11.6. The Morgan fingerprint density at radius 2 is 0.860 bits per heavy atom. The van der Waals surface area contributed by atoms with E-state index in [0.29, 0.717) is 17.5 Å². The molecule has 3 heterocycles. The molecule has 50 heavy (non-hydrogen) atoms. The average molecular weight is 674 g/mol. The van der Waals surface area contributed by atoms with Gasteiger partial charge in [0.05, 0.1) is 0 Å². The highest BCUT2D eigenvalue weighted by molar-refractivity contribution is 7.26. The van der Waals surface area contributed by atoms with E-state index in [2.05, 4.69) is 103 Å². The predicted octanol–water partition coefficient (Wildman–Crippen LogP) is 12.9. The van der Waals surface area contributed by atoms with Gasteiger partial charge in [-0.05, 0) is 52.6 Å². The summed E-state index contributed by atoms with van der Waals surface area (Å²) in [4.78, 5) is 14.9. The summed E-state index contributed by atoms with van der Waals surface area (Å²) in [5.74, 6) is 2.00. The van der Waals surface area contributed by atoms with Crippen LogP contribution in [0.5, 0.6) is 0 Å². The van der Waals surface area contributed by atoms with Crippen LogP contribution in [0.25, 0.3) is 96.8 Å². The Hall–Kier alpha value is -6.01. The zero-order valence-electron chi connectivity index (χ0n) is 26.7. The third-order valence-electron chi connectivity index (χ3n) is 9.36. The van der Waals surface area contributed by atoms with Crippen LogP contribution in [0, 0.1) is 0 Å². The van der Waals surface area contributed by atoms with E-state index in [1.807, 2.05) is 83.3 Å². The predicted molar refractivity (Wildman–Crippen MR) is 213 cm³/mol. The summed E-state index contributed by atoms with van der Waals surface area (Å²) in [5, 5.41) is 5.14. The molecule has 0 bridgehead atoms. The molecule has 0 saturated carbocycles. The lowest BCUT2D eigenvalue weighted by molar-refractivity contribution is 1.07. The van der Waals surface area contributed by atoms with Gasteiger partial charge in [-0.1, -0.05) is 133 Å². The van der Waals surface area contributed by atoms with Crippen molar-refractivity contribution in [2.24, 2.45) is 0 Å². The van der Waals surface area contributed by atoms with Gasteiger partial charge in [-0.3, -0.25) is 0 Å². The molecule has 3 aromatic heterocycles. The van der Waals surface area contributed by atoms with Crippen LogP contribution in [0.1, 0.15) is 0 Å². The fourth-order valence-corrected chi connectivity index (χ4v) is 9.25. The molecule has 0 aliphatic carbocycles. The summed E-state index contributed by atoms with van der Waals surface area (Å²) < 4.78 is 5.11. The van der Waals surface area contributed by atoms with Gasteiger partial charge in [0.15, 0.2) is 17.5 Å². The van der Waals surface area contributed by atoms with E-state index in [-0.39, 0.29) is 0 Å². The van der Waals surface area contributed by atoms with E-state index in [1.165, 1.54) is 62.6 Å². The maximum atomic E-state index is 4.99. The number of thiophene rings is 2. The SMILES string of the molecule is c1ccc(-c2nc(-c3ccccc3)nc(-c3ccc4c(c3)sc3cccc(-c5ccccc5-c5ccc6sc7ccccc7c6c5)c34)n2)cc1. The first-order chi connectivity index (χ1) is 24.8. The van der Waals surface area contributed by atoms with Gasteiger partial charge in [0.2, 0.25) is 0 Å². The van der Waals surface area contributed by atoms with Gasteiger partial charge in [0.25, 0.3) is 0 Å². The standard InChI is InChI=1S/C45H27N3S2/c1-3-12-28(13-4-1)43-46-44(29-14-5-2-6-15-29)48-45(47-43)31-22-24-36-41(27-31)50-40-21-11-19-35(42(36)40)33-17-8-7-16-32(33)30-23-25-39-37(26-30)34-18-9-10-20-38(34)49-39/h1-27H. The maximum Gasteiger partial charge on any atom is 0.164 e. The number of rotatable bonds is 5. The van der Waals surface area contributed by atoms with E-state index in [9.17, 15) is 0 Å². The topological polar surface area (TPSA) is 38.7 Å². The van der Waals surface area contributed by atoms with Crippen molar-refractivity contribution in [2.45, 2.75) is 0 Å². The lowest BCUT2D eigenvalue weighted by atomic mass is 9.91. The van der Waals surface area contributed by atoms with Gasteiger partial charge in [-0.15, -0.1) is 22.7 Å². The summed E-state index contributed by atoms with van der Waals surface area (Å²) in [6.07, 6.45) is 0. The number of aromatic nitrogens is 3.